The lowest BCUT2D eigenvalue weighted by molar-refractivity contribution is -0.152. The van der Waals surface area contributed by atoms with Gasteiger partial charge in [-0.25, -0.2) is 18.9 Å². The zero-order valence-corrected chi connectivity index (χ0v) is 20.9. The normalized spacial score (nSPS) is 34.6. The summed E-state index contributed by atoms with van der Waals surface area (Å²) in [7, 11) is 1.48. The van der Waals surface area contributed by atoms with Crippen molar-refractivity contribution < 1.29 is 37.8 Å². The second-order valence-electron chi connectivity index (χ2n) is 10.2. The van der Waals surface area contributed by atoms with Crippen LogP contribution in [0.1, 0.15) is 19.4 Å². The Morgan fingerprint density at radius 2 is 2.16 bits per heavy atom. The van der Waals surface area contributed by atoms with Crippen molar-refractivity contribution in [3.63, 3.8) is 0 Å². The molecule has 1 spiro atoms. The number of carbonyl (C=O) groups is 2. The molecule has 15 heteroatoms. The summed E-state index contributed by atoms with van der Waals surface area (Å²) < 4.78 is 38.1. The van der Waals surface area contributed by atoms with Crippen molar-refractivity contribution in [3.05, 3.63) is 22.4 Å². The minimum atomic E-state index is -1.79. The Balaban J connectivity index is 1.58. The number of benzene rings is 1. The molecule has 3 fully saturated rings. The molecular formula is C23H27FN6O8. The van der Waals surface area contributed by atoms with Crippen LogP contribution in [0.4, 0.5) is 25.5 Å². The molecule has 38 heavy (non-hydrogen) atoms. The predicted octanol–water partition coefficient (Wildman–Crippen LogP) is 1.19. The van der Waals surface area contributed by atoms with Crippen LogP contribution in [0, 0.1) is 16.1 Å². The van der Waals surface area contributed by atoms with Crippen molar-refractivity contribution >= 4 is 34.6 Å². The zero-order valence-electron chi connectivity index (χ0n) is 20.9. The van der Waals surface area contributed by atoms with E-state index in [2.05, 4.69) is 21.0 Å². The van der Waals surface area contributed by atoms with Gasteiger partial charge < -0.3 is 39.4 Å². The lowest BCUT2D eigenvalue weighted by Crippen LogP contribution is -2.80. The summed E-state index contributed by atoms with van der Waals surface area (Å²) >= 11 is 0. The molecule has 0 saturated carbocycles. The average Bonchev–Trinajstić information content (AvgIpc) is 3.44. The number of nitrogens with one attached hydrogen (secondary N) is 2. The average molecular weight is 535 g/mol. The van der Waals surface area contributed by atoms with Gasteiger partial charge >= 0.3 is 12.1 Å². The first-order chi connectivity index (χ1) is 18.2. The van der Waals surface area contributed by atoms with E-state index in [0.29, 0.717) is 5.56 Å². The molecule has 204 valence electrons. The molecule has 2 unspecified atom stereocenters. The van der Waals surface area contributed by atoms with Crippen LogP contribution in [0.2, 0.25) is 0 Å². The van der Waals surface area contributed by atoms with Gasteiger partial charge in [0.25, 0.3) is 0 Å². The summed E-state index contributed by atoms with van der Waals surface area (Å²) in [6.07, 6.45) is -3.54. The Labute approximate surface area is 215 Å². The number of methoxy groups -OCH3 is 1. The molecule has 3 saturated heterocycles. The number of cyclic esters (lactones) is 1. The van der Waals surface area contributed by atoms with Gasteiger partial charge in [0.15, 0.2) is 11.6 Å². The molecule has 4 aliphatic rings. The van der Waals surface area contributed by atoms with E-state index >= 15 is 4.39 Å². The van der Waals surface area contributed by atoms with Crippen molar-refractivity contribution in [2.24, 2.45) is 10.6 Å². The smallest absolute Gasteiger partial charge is 0.416 e. The van der Waals surface area contributed by atoms with Crippen molar-refractivity contribution in [3.8, 4) is 0 Å². The van der Waals surface area contributed by atoms with Crippen LogP contribution in [0.3, 0.4) is 0 Å². The molecule has 2 aromatic rings. The fourth-order valence-corrected chi connectivity index (χ4v) is 6.56. The molecule has 6 atom stereocenters. The summed E-state index contributed by atoms with van der Waals surface area (Å²) in [6.45, 7) is 3.58. The van der Waals surface area contributed by atoms with Crippen LogP contribution < -0.4 is 20.4 Å². The molecule has 0 bridgehead atoms. The molecule has 1 aromatic heterocycles. The summed E-state index contributed by atoms with van der Waals surface area (Å²) in [6, 6.07) is 0.511. The minimum absolute atomic E-state index is 0.0602. The van der Waals surface area contributed by atoms with Crippen molar-refractivity contribution in [2.45, 2.75) is 50.4 Å². The maximum absolute atomic E-state index is 16.4. The maximum Gasteiger partial charge on any atom is 0.416 e. The molecule has 3 N–H and O–H groups in total. The monoisotopic (exact) mass is 534 g/mol. The van der Waals surface area contributed by atoms with Crippen LogP contribution in [-0.4, -0.2) is 85.9 Å². The van der Waals surface area contributed by atoms with Gasteiger partial charge in [-0.3, -0.25) is 0 Å². The highest BCUT2D eigenvalue weighted by Crippen LogP contribution is 2.56. The molecule has 5 heterocycles. The van der Waals surface area contributed by atoms with Crippen LogP contribution in [0.15, 0.2) is 15.8 Å². The number of fused-ring (bicyclic) bond motifs is 5. The third-order valence-electron chi connectivity index (χ3n) is 8.15. The predicted molar refractivity (Wildman–Crippen MR) is 128 cm³/mol. The first-order valence-electron chi connectivity index (χ1n) is 12.2. The van der Waals surface area contributed by atoms with Gasteiger partial charge in [0.05, 0.1) is 35.2 Å². The van der Waals surface area contributed by atoms with E-state index in [1.165, 1.54) is 16.9 Å². The SMILES string of the molecule is COC[C@H]1COC(=O)N1c1noc2c(F)c3c(cc12)CC1(CNC(=O)NC1O)[C@]1(N=O)[C@@H](C)O[C@@H](C)CN31. The number of ether oxygens (including phenoxy) is 3. The molecule has 6 rings (SSSR count). The first-order valence-corrected chi connectivity index (χ1v) is 12.2. The number of rotatable bonds is 4. The number of hydrogen-bond acceptors (Lipinski definition) is 11. The van der Waals surface area contributed by atoms with Crippen molar-refractivity contribution in [1.29, 1.82) is 0 Å². The van der Waals surface area contributed by atoms with Crippen LogP contribution in [0.25, 0.3) is 11.0 Å². The molecule has 0 radical (unpaired) electrons. The standard InChI is InChI=1S/C23H27FN6O8/c1-10-6-29-16-12(5-22(9-25-20(32)26-19(22)31)23(29,28-34)11(2)37-10)4-14-17(15(16)24)38-27-18(14)30-13(7-35-3)8-36-21(30)33/h4,10-11,13,19,31H,5-9H2,1-3H3,(H2,25,26,32)/t10-,11+,13-,19?,22?,23-/m0/s1. The number of nitrogens with zero attached hydrogens (tertiary/aromatic N) is 4. The fourth-order valence-electron chi connectivity index (χ4n) is 6.56. The van der Waals surface area contributed by atoms with E-state index in [0.717, 1.165) is 0 Å². The second-order valence-corrected chi connectivity index (χ2v) is 10.2. The Morgan fingerprint density at radius 3 is 2.87 bits per heavy atom. The van der Waals surface area contributed by atoms with E-state index in [9.17, 15) is 19.6 Å². The summed E-state index contributed by atoms with van der Waals surface area (Å²) in [5, 5.41) is 24.0. The van der Waals surface area contributed by atoms with Crippen molar-refractivity contribution in [1.82, 2.24) is 15.8 Å². The van der Waals surface area contributed by atoms with Crippen LogP contribution in [-0.2, 0) is 20.6 Å². The quantitative estimate of drug-likeness (QED) is 0.485. The first kappa shape index (κ1) is 24.8. The lowest BCUT2D eigenvalue weighted by atomic mass is 9.62. The number of anilines is 2. The number of carbonyl (C=O) groups excluding carboxylic acids is 2. The van der Waals surface area contributed by atoms with E-state index in [1.54, 1.807) is 19.9 Å². The van der Waals surface area contributed by atoms with Gasteiger partial charge in [0.2, 0.25) is 11.2 Å². The maximum atomic E-state index is 16.4. The number of halogens is 1. The zero-order chi connectivity index (χ0) is 27.0. The number of hydrogen-bond donors (Lipinski definition) is 3. The summed E-state index contributed by atoms with van der Waals surface area (Å²) in [5.74, 6) is -0.733. The molecule has 0 aliphatic carbocycles. The number of aliphatic hydroxyl groups excluding tert-OH is 1. The topological polar surface area (TPSA) is 168 Å². The number of urea groups is 1. The minimum Gasteiger partial charge on any atom is -0.447 e. The Kier molecular flexibility index (Phi) is 5.52. The van der Waals surface area contributed by atoms with Crippen LogP contribution >= 0.6 is 0 Å². The van der Waals surface area contributed by atoms with Gasteiger partial charge in [-0.2, -0.15) is 0 Å². The number of morpholine rings is 1. The second kappa shape index (κ2) is 8.47. The largest absolute Gasteiger partial charge is 0.447 e. The van der Waals surface area contributed by atoms with Gasteiger partial charge in [0.1, 0.15) is 18.9 Å². The van der Waals surface area contributed by atoms with Crippen molar-refractivity contribution in [2.75, 3.05) is 43.2 Å². The summed E-state index contributed by atoms with van der Waals surface area (Å²) in [5.41, 5.74) is -2.96. The van der Waals surface area contributed by atoms with E-state index in [-0.39, 0.29) is 55.2 Å². The Morgan fingerprint density at radius 1 is 1.37 bits per heavy atom. The number of aromatic nitrogens is 1. The highest BCUT2D eigenvalue weighted by atomic mass is 19.1. The fraction of sp³-hybridized carbons (Fsp3) is 0.609. The van der Waals surface area contributed by atoms with Gasteiger partial charge in [-0.1, -0.05) is 5.16 Å². The van der Waals surface area contributed by atoms with Crippen LogP contribution in [0.5, 0.6) is 0 Å². The van der Waals surface area contributed by atoms with E-state index in [4.69, 9.17) is 18.7 Å². The number of aliphatic hydroxyl groups is 1. The highest BCUT2D eigenvalue weighted by Gasteiger charge is 2.70. The summed E-state index contributed by atoms with van der Waals surface area (Å²) in [4.78, 5) is 40.2. The molecule has 14 nitrogen and oxygen atoms in total. The van der Waals surface area contributed by atoms with E-state index in [1.807, 2.05) is 0 Å². The molecular weight excluding hydrogens is 507 g/mol. The lowest BCUT2D eigenvalue weighted by Gasteiger charge is -2.62. The number of nitroso groups, excluding NO2 is 1. The third kappa shape index (κ3) is 3.06. The molecule has 1 aromatic carbocycles. The van der Waals surface area contributed by atoms with E-state index < -0.39 is 53.5 Å². The molecule has 4 aliphatic heterocycles. The number of amides is 3. The third-order valence-corrected chi connectivity index (χ3v) is 8.15. The van der Waals surface area contributed by atoms with Gasteiger partial charge in [0, 0.05) is 20.2 Å². The highest BCUT2D eigenvalue weighted by molar-refractivity contribution is 6.01. The molecule has 3 amide bonds. The van der Waals surface area contributed by atoms with Gasteiger partial charge in [-0.15, -0.1) is 4.91 Å². The Hall–Kier alpha value is -3.56. The Bertz CT molecular complexity index is 1340. The van der Waals surface area contributed by atoms with Gasteiger partial charge in [-0.05, 0) is 37.1 Å².